The van der Waals surface area contributed by atoms with E-state index in [0.29, 0.717) is 12.8 Å². The van der Waals surface area contributed by atoms with Gasteiger partial charge in [-0.2, -0.15) is 0 Å². The minimum absolute atomic E-state index is 0.160. The Labute approximate surface area is 322 Å². The zero-order valence-electron chi connectivity index (χ0n) is 33.5. The Kier molecular flexibility index (Phi) is 37.2. The number of hydrogen-bond acceptors (Lipinski definition) is 9. The molecule has 0 spiro atoms. The molecule has 310 valence electrons. The van der Waals surface area contributed by atoms with Crippen molar-refractivity contribution in [2.24, 2.45) is 0 Å². The molecule has 0 aromatic rings. The fourth-order valence-corrected chi connectivity index (χ4v) is 6.32. The van der Waals surface area contributed by atoms with E-state index in [-0.39, 0.29) is 19.4 Å². The van der Waals surface area contributed by atoms with E-state index in [0.717, 1.165) is 57.8 Å². The predicted molar refractivity (Wildman–Crippen MR) is 214 cm³/mol. The molecule has 11 heteroatoms. The Balaban J connectivity index is 4.36. The molecule has 0 saturated carbocycles. The Bertz CT molecular complexity index is 983. The second kappa shape index (κ2) is 38.5. The minimum Gasteiger partial charge on any atom is -0.462 e. The first-order chi connectivity index (χ1) is 25.7. The molecule has 3 N–H and O–H groups in total. The quantitative estimate of drug-likeness (QED) is 0.0238. The first-order valence-electron chi connectivity index (χ1n) is 20.9. The van der Waals surface area contributed by atoms with Crippen molar-refractivity contribution < 1.29 is 47.8 Å². The fraction of sp³-hybridized carbons (Fsp3) is 0.810. The number of rotatable bonds is 39. The van der Waals surface area contributed by atoms with Gasteiger partial charge in [-0.1, -0.05) is 153 Å². The van der Waals surface area contributed by atoms with Crippen LogP contribution in [0.1, 0.15) is 181 Å². The lowest BCUT2D eigenvalue weighted by Gasteiger charge is -2.20. The van der Waals surface area contributed by atoms with Crippen molar-refractivity contribution in [3.05, 3.63) is 36.5 Å². The molecule has 0 fully saturated rings. The second-order valence-corrected chi connectivity index (χ2v) is 15.5. The maximum atomic E-state index is 12.6. The summed E-state index contributed by atoms with van der Waals surface area (Å²) >= 11 is 0. The number of phosphoric acid groups is 1. The highest BCUT2D eigenvalue weighted by Gasteiger charge is 2.27. The molecule has 1 unspecified atom stereocenters. The van der Waals surface area contributed by atoms with Crippen LogP contribution >= 0.6 is 7.82 Å². The number of aliphatic hydroxyl groups is 2. The molecule has 0 aromatic carbocycles. The van der Waals surface area contributed by atoms with Crippen LogP contribution in [0, 0.1) is 0 Å². The van der Waals surface area contributed by atoms with E-state index in [1.807, 2.05) is 0 Å². The molecule has 0 aromatic heterocycles. The van der Waals surface area contributed by atoms with Crippen LogP contribution in [0.2, 0.25) is 0 Å². The van der Waals surface area contributed by atoms with Gasteiger partial charge < -0.3 is 24.6 Å². The average molecular weight is 773 g/mol. The number of hydrogen-bond donors (Lipinski definition) is 3. The van der Waals surface area contributed by atoms with Gasteiger partial charge in [0, 0.05) is 12.8 Å². The van der Waals surface area contributed by atoms with Crippen LogP contribution in [-0.4, -0.2) is 65.7 Å². The van der Waals surface area contributed by atoms with Gasteiger partial charge in [-0.3, -0.25) is 18.6 Å². The SMILES string of the molecule is CCCCC/C=C\C/C=C\C/C=C\CCCCCCC(=O)O[C@H](COC(=O)CCCCCCCCCCCCCCC)COP(=O)(O)OC[C@@H](O)CO. The Morgan fingerprint density at radius 3 is 1.51 bits per heavy atom. The highest BCUT2D eigenvalue weighted by Crippen LogP contribution is 2.43. The van der Waals surface area contributed by atoms with Crippen LogP contribution in [-0.2, 0) is 32.7 Å². The maximum absolute atomic E-state index is 12.6. The lowest BCUT2D eigenvalue weighted by Crippen LogP contribution is -2.29. The summed E-state index contributed by atoms with van der Waals surface area (Å²) in [4.78, 5) is 34.9. The Morgan fingerprint density at radius 2 is 0.981 bits per heavy atom. The van der Waals surface area contributed by atoms with E-state index in [4.69, 9.17) is 19.1 Å². The summed E-state index contributed by atoms with van der Waals surface area (Å²) in [6.07, 6.45) is 38.2. The van der Waals surface area contributed by atoms with Crippen LogP contribution in [0.3, 0.4) is 0 Å². The topological polar surface area (TPSA) is 149 Å². The maximum Gasteiger partial charge on any atom is 0.472 e. The number of carbonyl (C=O) groups excluding carboxylic acids is 2. The van der Waals surface area contributed by atoms with Crippen molar-refractivity contribution >= 4 is 19.8 Å². The predicted octanol–water partition coefficient (Wildman–Crippen LogP) is 10.8. The number of esters is 2. The van der Waals surface area contributed by atoms with Gasteiger partial charge in [0.15, 0.2) is 6.10 Å². The summed E-state index contributed by atoms with van der Waals surface area (Å²) in [7, 11) is -4.62. The largest absolute Gasteiger partial charge is 0.472 e. The number of allylic oxidation sites excluding steroid dienone is 6. The zero-order valence-corrected chi connectivity index (χ0v) is 34.4. The van der Waals surface area contributed by atoms with Gasteiger partial charge in [0.25, 0.3) is 0 Å². The van der Waals surface area contributed by atoms with Gasteiger partial charge in [-0.25, -0.2) is 4.57 Å². The highest BCUT2D eigenvalue weighted by atomic mass is 31.2. The third-order valence-electron chi connectivity index (χ3n) is 8.80. The van der Waals surface area contributed by atoms with E-state index in [2.05, 4.69) is 54.8 Å². The van der Waals surface area contributed by atoms with Crippen molar-refractivity contribution in [2.75, 3.05) is 26.4 Å². The molecule has 0 saturated heterocycles. The molecule has 0 aliphatic heterocycles. The molecular weight excluding hydrogens is 695 g/mol. The van der Waals surface area contributed by atoms with Crippen LogP contribution in [0.5, 0.6) is 0 Å². The summed E-state index contributed by atoms with van der Waals surface area (Å²) in [6.45, 7) is 2.32. The van der Waals surface area contributed by atoms with Gasteiger partial charge in [0.2, 0.25) is 0 Å². The van der Waals surface area contributed by atoms with Gasteiger partial charge in [-0.05, 0) is 51.4 Å². The van der Waals surface area contributed by atoms with Crippen LogP contribution in [0.25, 0.3) is 0 Å². The summed E-state index contributed by atoms with van der Waals surface area (Å²) < 4.78 is 32.6. The summed E-state index contributed by atoms with van der Waals surface area (Å²) in [5.74, 6) is -0.947. The van der Waals surface area contributed by atoms with Gasteiger partial charge in [0.1, 0.15) is 12.7 Å². The van der Waals surface area contributed by atoms with Gasteiger partial charge >= 0.3 is 19.8 Å². The number of ether oxygens (including phenoxy) is 2. The van der Waals surface area contributed by atoms with E-state index in [1.54, 1.807) is 0 Å². The standard InChI is InChI=1S/C42H77O10P/c1-3-5-7-9-11-13-15-17-18-19-20-22-24-26-28-30-32-34-42(46)52-40(38-51-53(47,48)50-36-39(44)35-43)37-49-41(45)33-31-29-27-25-23-21-16-14-12-10-8-6-4-2/h11,13,17-18,20,22,39-40,43-44H,3-10,12,14-16,19,21,23-38H2,1-2H3,(H,47,48)/b13-11-,18-17-,22-20-/t39-,40+/m0/s1. The van der Waals surface area contributed by atoms with E-state index >= 15 is 0 Å². The van der Waals surface area contributed by atoms with Gasteiger partial charge in [0.05, 0.1) is 19.8 Å². The lowest BCUT2D eigenvalue weighted by molar-refractivity contribution is -0.161. The zero-order chi connectivity index (χ0) is 39.1. The monoisotopic (exact) mass is 773 g/mol. The molecule has 53 heavy (non-hydrogen) atoms. The highest BCUT2D eigenvalue weighted by molar-refractivity contribution is 7.47. The average Bonchev–Trinajstić information content (AvgIpc) is 3.14. The molecular formula is C42H77O10P. The summed E-state index contributed by atoms with van der Waals surface area (Å²) in [5, 5.41) is 18.3. The molecule has 0 rings (SSSR count). The van der Waals surface area contributed by atoms with E-state index in [9.17, 15) is 24.2 Å². The van der Waals surface area contributed by atoms with Crippen LogP contribution in [0.4, 0.5) is 0 Å². The van der Waals surface area contributed by atoms with E-state index < -0.39 is 51.8 Å². The first-order valence-corrected chi connectivity index (χ1v) is 22.4. The first kappa shape index (κ1) is 51.2. The molecule has 0 bridgehead atoms. The van der Waals surface area contributed by atoms with Crippen molar-refractivity contribution in [3.63, 3.8) is 0 Å². The molecule has 0 aliphatic carbocycles. The molecule has 0 heterocycles. The number of aliphatic hydroxyl groups excluding tert-OH is 2. The lowest BCUT2D eigenvalue weighted by atomic mass is 10.0. The van der Waals surface area contributed by atoms with Gasteiger partial charge in [-0.15, -0.1) is 0 Å². The molecule has 3 atom stereocenters. The van der Waals surface area contributed by atoms with Crippen LogP contribution in [0.15, 0.2) is 36.5 Å². The van der Waals surface area contributed by atoms with Crippen molar-refractivity contribution in [1.29, 1.82) is 0 Å². The molecule has 10 nitrogen and oxygen atoms in total. The van der Waals surface area contributed by atoms with Crippen LogP contribution < -0.4 is 0 Å². The molecule has 0 radical (unpaired) electrons. The van der Waals surface area contributed by atoms with Crippen molar-refractivity contribution in [2.45, 2.75) is 193 Å². The smallest absolute Gasteiger partial charge is 0.462 e. The number of carbonyl (C=O) groups is 2. The summed E-state index contributed by atoms with van der Waals surface area (Å²) in [5.41, 5.74) is 0. The van der Waals surface area contributed by atoms with E-state index in [1.165, 1.54) is 83.5 Å². The summed E-state index contributed by atoms with van der Waals surface area (Å²) in [6, 6.07) is 0. The molecule has 0 aliphatic rings. The minimum atomic E-state index is -4.62. The third kappa shape index (κ3) is 38.3. The fourth-order valence-electron chi connectivity index (χ4n) is 5.53. The second-order valence-electron chi connectivity index (χ2n) is 14.0. The number of phosphoric ester groups is 1. The Morgan fingerprint density at radius 1 is 0.566 bits per heavy atom. The normalized spacial score (nSPS) is 14.3. The third-order valence-corrected chi connectivity index (χ3v) is 9.75. The number of unbranched alkanes of at least 4 members (excludes halogenated alkanes) is 19. The van der Waals surface area contributed by atoms with Crippen molar-refractivity contribution in [1.82, 2.24) is 0 Å². The Hall–Kier alpha value is -1.81. The van der Waals surface area contributed by atoms with Crippen molar-refractivity contribution in [3.8, 4) is 0 Å². The molecule has 0 amide bonds.